The highest BCUT2D eigenvalue weighted by Crippen LogP contribution is 2.15. The predicted molar refractivity (Wildman–Crippen MR) is 77.0 cm³/mol. The molecule has 0 saturated carbocycles. The van der Waals surface area contributed by atoms with Gasteiger partial charge in [0.2, 0.25) is 0 Å². The SMILES string of the molecule is Fc1ccc(F)c(/C=C/c2ccc3ccccc3n2)c1. The summed E-state index contributed by atoms with van der Waals surface area (Å²) in [4.78, 5) is 4.44. The van der Waals surface area contributed by atoms with Crippen LogP contribution >= 0.6 is 0 Å². The van der Waals surface area contributed by atoms with Crippen molar-refractivity contribution in [2.75, 3.05) is 0 Å². The van der Waals surface area contributed by atoms with Crippen LogP contribution in [0.25, 0.3) is 23.1 Å². The zero-order chi connectivity index (χ0) is 13.9. The maximum absolute atomic E-state index is 13.5. The number of nitrogens with zero attached hydrogens (tertiary/aromatic N) is 1. The van der Waals surface area contributed by atoms with Crippen LogP contribution in [0, 0.1) is 11.6 Å². The molecule has 0 atom stereocenters. The Kier molecular flexibility index (Phi) is 3.25. The zero-order valence-corrected chi connectivity index (χ0v) is 10.6. The number of rotatable bonds is 2. The van der Waals surface area contributed by atoms with Crippen molar-refractivity contribution < 1.29 is 8.78 Å². The molecule has 3 aromatic rings. The molecule has 98 valence electrons. The molecule has 0 aliphatic heterocycles. The second kappa shape index (κ2) is 5.21. The number of hydrogen-bond donors (Lipinski definition) is 0. The molecule has 0 fully saturated rings. The van der Waals surface area contributed by atoms with Gasteiger partial charge in [-0.3, -0.25) is 0 Å². The lowest BCUT2D eigenvalue weighted by atomic mass is 10.1. The van der Waals surface area contributed by atoms with Gasteiger partial charge in [0, 0.05) is 10.9 Å². The van der Waals surface area contributed by atoms with Crippen molar-refractivity contribution in [3.05, 3.63) is 77.5 Å². The van der Waals surface area contributed by atoms with E-state index >= 15 is 0 Å². The van der Waals surface area contributed by atoms with Crippen LogP contribution in [0.15, 0.2) is 54.6 Å². The number of halogens is 2. The van der Waals surface area contributed by atoms with E-state index in [1.807, 2.05) is 36.4 Å². The summed E-state index contributed by atoms with van der Waals surface area (Å²) in [5.41, 5.74) is 1.78. The molecular weight excluding hydrogens is 256 g/mol. The Bertz CT molecular complexity index is 794. The fourth-order valence-electron chi connectivity index (χ4n) is 1.99. The van der Waals surface area contributed by atoms with Gasteiger partial charge in [0.1, 0.15) is 11.6 Å². The number of benzene rings is 2. The highest BCUT2D eigenvalue weighted by Gasteiger charge is 2.00. The number of fused-ring (bicyclic) bond motifs is 1. The smallest absolute Gasteiger partial charge is 0.130 e. The van der Waals surface area contributed by atoms with E-state index in [0.717, 1.165) is 29.1 Å². The van der Waals surface area contributed by atoms with Crippen molar-refractivity contribution >= 4 is 23.1 Å². The maximum atomic E-state index is 13.5. The third kappa shape index (κ3) is 2.57. The minimum Gasteiger partial charge on any atom is -0.248 e. The quantitative estimate of drug-likeness (QED) is 0.656. The number of aromatic nitrogens is 1. The lowest BCUT2D eigenvalue weighted by Crippen LogP contribution is -1.85. The van der Waals surface area contributed by atoms with Crippen LogP contribution in [0.3, 0.4) is 0 Å². The first-order chi connectivity index (χ1) is 9.72. The molecule has 3 rings (SSSR count). The maximum Gasteiger partial charge on any atom is 0.130 e. The van der Waals surface area contributed by atoms with E-state index in [0.29, 0.717) is 5.69 Å². The van der Waals surface area contributed by atoms with Gasteiger partial charge >= 0.3 is 0 Å². The molecular formula is C17H11F2N. The Morgan fingerprint density at radius 2 is 1.70 bits per heavy atom. The van der Waals surface area contributed by atoms with Crippen LogP contribution < -0.4 is 0 Å². The minimum atomic E-state index is -0.461. The van der Waals surface area contributed by atoms with E-state index in [2.05, 4.69) is 4.98 Å². The molecule has 0 spiro atoms. The van der Waals surface area contributed by atoms with Crippen LogP contribution in [-0.4, -0.2) is 4.98 Å². The molecule has 0 saturated heterocycles. The van der Waals surface area contributed by atoms with E-state index in [1.165, 1.54) is 6.08 Å². The Labute approximate surface area is 115 Å². The van der Waals surface area contributed by atoms with E-state index in [9.17, 15) is 8.78 Å². The van der Waals surface area contributed by atoms with Crippen molar-refractivity contribution in [3.8, 4) is 0 Å². The van der Waals surface area contributed by atoms with Gasteiger partial charge in [0.15, 0.2) is 0 Å². The molecule has 1 heterocycles. The van der Waals surface area contributed by atoms with Crippen LogP contribution in [-0.2, 0) is 0 Å². The highest BCUT2D eigenvalue weighted by atomic mass is 19.1. The first-order valence-corrected chi connectivity index (χ1v) is 6.21. The Morgan fingerprint density at radius 1 is 0.850 bits per heavy atom. The average Bonchev–Trinajstić information content (AvgIpc) is 2.48. The molecule has 0 bridgehead atoms. The minimum absolute atomic E-state index is 0.208. The second-order valence-corrected chi connectivity index (χ2v) is 4.43. The van der Waals surface area contributed by atoms with Gasteiger partial charge in [-0.25, -0.2) is 13.8 Å². The van der Waals surface area contributed by atoms with Gasteiger partial charge in [0.25, 0.3) is 0 Å². The molecule has 0 aliphatic carbocycles. The van der Waals surface area contributed by atoms with E-state index < -0.39 is 11.6 Å². The van der Waals surface area contributed by atoms with E-state index in [-0.39, 0.29) is 5.56 Å². The molecule has 0 aliphatic rings. The molecule has 3 heteroatoms. The van der Waals surface area contributed by atoms with Gasteiger partial charge in [-0.15, -0.1) is 0 Å². The molecule has 1 aromatic heterocycles. The zero-order valence-electron chi connectivity index (χ0n) is 10.6. The van der Waals surface area contributed by atoms with Crippen molar-refractivity contribution in [2.24, 2.45) is 0 Å². The third-order valence-corrected chi connectivity index (χ3v) is 3.01. The normalized spacial score (nSPS) is 11.3. The van der Waals surface area contributed by atoms with Gasteiger partial charge in [-0.1, -0.05) is 24.3 Å². The molecule has 0 radical (unpaired) electrons. The van der Waals surface area contributed by atoms with Crippen molar-refractivity contribution in [2.45, 2.75) is 0 Å². The lowest BCUT2D eigenvalue weighted by Gasteiger charge is -1.99. The molecule has 0 N–H and O–H groups in total. The van der Waals surface area contributed by atoms with Crippen LogP contribution in [0.1, 0.15) is 11.3 Å². The molecule has 2 aromatic carbocycles. The van der Waals surface area contributed by atoms with Crippen LogP contribution in [0.5, 0.6) is 0 Å². The van der Waals surface area contributed by atoms with Crippen molar-refractivity contribution in [3.63, 3.8) is 0 Å². The number of pyridine rings is 1. The Balaban J connectivity index is 1.96. The summed E-state index contributed by atoms with van der Waals surface area (Å²) in [6.45, 7) is 0. The summed E-state index contributed by atoms with van der Waals surface area (Å²) >= 11 is 0. The van der Waals surface area contributed by atoms with Crippen LogP contribution in [0.4, 0.5) is 8.78 Å². The Morgan fingerprint density at radius 3 is 2.60 bits per heavy atom. The van der Waals surface area contributed by atoms with Gasteiger partial charge in [-0.05, 0) is 42.5 Å². The summed E-state index contributed by atoms with van der Waals surface area (Å²) in [6, 6.07) is 14.9. The Hall–Kier alpha value is -2.55. The first kappa shape index (κ1) is 12.5. The number of hydrogen-bond acceptors (Lipinski definition) is 1. The van der Waals surface area contributed by atoms with Gasteiger partial charge in [0.05, 0.1) is 11.2 Å². The number of para-hydroxylation sites is 1. The monoisotopic (exact) mass is 267 g/mol. The third-order valence-electron chi connectivity index (χ3n) is 3.01. The standard InChI is InChI=1S/C17H11F2N/c18-14-7-10-16(19)13(11-14)6-9-15-8-5-12-3-1-2-4-17(12)20-15/h1-11H/b9-6+. The first-order valence-electron chi connectivity index (χ1n) is 6.21. The predicted octanol–water partition coefficient (Wildman–Crippen LogP) is 4.68. The molecule has 20 heavy (non-hydrogen) atoms. The fraction of sp³-hybridized carbons (Fsp3) is 0. The molecule has 1 nitrogen and oxygen atoms in total. The largest absolute Gasteiger partial charge is 0.248 e. The fourth-order valence-corrected chi connectivity index (χ4v) is 1.99. The van der Waals surface area contributed by atoms with E-state index in [1.54, 1.807) is 6.08 Å². The van der Waals surface area contributed by atoms with Crippen molar-refractivity contribution in [1.82, 2.24) is 4.98 Å². The molecule has 0 amide bonds. The van der Waals surface area contributed by atoms with Crippen LogP contribution in [0.2, 0.25) is 0 Å². The highest BCUT2D eigenvalue weighted by molar-refractivity contribution is 5.80. The summed E-state index contributed by atoms with van der Waals surface area (Å²) in [5, 5.41) is 1.04. The van der Waals surface area contributed by atoms with Crippen molar-refractivity contribution in [1.29, 1.82) is 0 Å². The summed E-state index contributed by atoms with van der Waals surface area (Å²) in [6.07, 6.45) is 3.19. The molecule has 0 unspecified atom stereocenters. The summed E-state index contributed by atoms with van der Waals surface area (Å²) in [5.74, 6) is -0.916. The second-order valence-electron chi connectivity index (χ2n) is 4.43. The topological polar surface area (TPSA) is 12.9 Å². The van der Waals surface area contributed by atoms with Gasteiger partial charge in [-0.2, -0.15) is 0 Å². The van der Waals surface area contributed by atoms with Gasteiger partial charge < -0.3 is 0 Å². The average molecular weight is 267 g/mol. The summed E-state index contributed by atoms with van der Waals surface area (Å²) in [7, 11) is 0. The van der Waals surface area contributed by atoms with E-state index in [4.69, 9.17) is 0 Å². The lowest BCUT2D eigenvalue weighted by molar-refractivity contribution is 0.598. The summed E-state index contributed by atoms with van der Waals surface area (Å²) < 4.78 is 26.6.